The zero-order valence-corrected chi connectivity index (χ0v) is 47.2. The SMILES string of the molecule is CCC1OC(OCCOCCNC=O)CC(O)C1O.CCCC(CCC(NC)C(=O)NCCOCCOC1CC(O)C(O)C(CO)O1)C(=O)NCCOCCOC1CC(C)C(C)C(CO)O1.NC=O.O=CC1CCC(OO)CC1. The van der Waals surface area contributed by atoms with Crippen molar-refractivity contribution in [2.45, 2.75) is 178 Å². The molecule has 0 aromatic heterocycles. The summed E-state index contributed by atoms with van der Waals surface area (Å²) in [5.41, 5.74) is 4.17. The molecule has 0 aromatic rings. The van der Waals surface area contributed by atoms with Gasteiger partial charge in [0, 0.05) is 50.7 Å². The van der Waals surface area contributed by atoms with Crippen LogP contribution < -0.4 is 27.0 Å². The zero-order chi connectivity index (χ0) is 58.8. The van der Waals surface area contributed by atoms with Crippen molar-refractivity contribution >= 4 is 30.9 Å². The minimum absolute atomic E-state index is 0.0231. The first-order valence-electron chi connectivity index (χ1n) is 27.9. The number of aliphatic hydroxyl groups is 6. The number of likely N-dealkylation sites (N-methyl/N-ethyl adjacent to an activating group) is 1. The molecule has 3 heterocycles. The Morgan fingerprint density at radius 2 is 1.13 bits per heavy atom. The molecule has 14 unspecified atom stereocenters. The highest BCUT2D eigenvalue weighted by Crippen LogP contribution is 2.31. The highest BCUT2D eigenvalue weighted by molar-refractivity contribution is 5.82. The molecule has 1 aliphatic carbocycles. The number of aldehydes is 1. The Kier molecular flexibility index (Phi) is 43.3. The Balaban J connectivity index is 0.000000785. The Bertz CT molecular complexity index is 1550. The van der Waals surface area contributed by atoms with Crippen LogP contribution in [0.25, 0.3) is 0 Å². The van der Waals surface area contributed by atoms with Crippen molar-refractivity contribution in [1.82, 2.24) is 21.3 Å². The van der Waals surface area contributed by atoms with Gasteiger partial charge >= 0.3 is 0 Å². The van der Waals surface area contributed by atoms with E-state index in [-0.39, 0.29) is 93.7 Å². The number of primary amides is 1. The molecule has 3 aliphatic heterocycles. The van der Waals surface area contributed by atoms with Crippen LogP contribution in [0, 0.1) is 23.7 Å². The molecule has 27 heteroatoms. The van der Waals surface area contributed by atoms with Crippen LogP contribution in [0.15, 0.2) is 0 Å². The summed E-state index contributed by atoms with van der Waals surface area (Å²) in [5.74, 6) is 0.435. The molecule has 4 rings (SSSR count). The standard InChI is InChI=1S/C32H61N3O12.C12H23NO6.C7H12O3.CH3NO/c1-5-6-23(31(40)34-9-11-42-13-15-44-28-17-21(2)22(3)26(19-36)46-28)7-8-24(33-4)32(41)35-10-12-43-14-16-45-29-18-25(38)30(39)27(20-37)47-29;1-2-10-12(16)9(15)7-11(19-10)18-6-5-17-4-3-13-8-14;8-5-6-1-3-7(10-9)4-2-6;2-1-3/h21-30,33,36-39H,5-20H2,1-4H3,(H,34,40)(H,35,41);8-12,15-16H,2-7H2,1H3,(H,13,14);5-7,9H,1-4H2;1H,(H2,2,3). The van der Waals surface area contributed by atoms with E-state index >= 15 is 0 Å². The maximum absolute atomic E-state index is 12.9. The molecule has 1 saturated carbocycles. The second-order valence-electron chi connectivity index (χ2n) is 19.7. The van der Waals surface area contributed by atoms with Crippen molar-refractivity contribution in [2.24, 2.45) is 29.4 Å². The Hall–Kier alpha value is -3.17. The first-order chi connectivity index (χ1) is 38.1. The third-order valence-electron chi connectivity index (χ3n) is 13.9. The highest BCUT2D eigenvalue weighted by atomic mass is 17.1. The molecule has 464 valence electrons. The van der Waals surface area contributed by atoms with Gasteiger partial charge in [-0.2, -0.15) is 0 Å². The van der Waals surface area contributed by atoms with Crippen LogP contribution in [-0.2, 0) is 71.5 Å². The van der Waals surface area contributed by atoms with E-state index in [4.69, 9.17) is 52.7 Å². The summed E-state index contributed by atoms with van der Waals surface area (Å²) in [5, 5.41) is 77.2. The summed E-state index contributed by atoms with van der Waals surface area (Å²) in [6, 6.07) is -0.453. The van der Waals surface area contributed by atoms with Gasteiger partial charge in [-0.05, 0) is 70.3 Å². The maximum atomic E-state index is 12.9. The minimum Gasteiger partial charge on any atom is -0.394 e. The second kappa shape index (κ2) is 46.3. The van der Waals surface area contributed by atoms with E-state index in [1.165, 1.54) is 0 Å². The molecular weight excluding hydrogens is 1050 g/mol. The van der Waals surface area contributed by atoms with Gasteiger partial charge in [-0.15, -0.1) is 0 Å². The lowest BCUT2D eigenvalue weighted by atomic mass is 9.86. The summed E-state index contributed by atoms with van der Waals surface area (Å²) in [7, 11) is 1.71. The van der Waals surface area contributed by atoms with Crippen LogP contribution in [0.1, 0.15) is 105 Å². The van der Waals surface area contributed by atoms with E-state index in [2.05, 4.69) is 45.7 Å². The van der Waals surface area contributed by atoms with Crippen LogP contribution >= 0.6 is 0 Å². The molecule has 4 aliphatic rings. The van der Waals surface area contributed by atoms with Gasteiger partial charge in [0.2, 0.25) is 24.6 Å². The van der Waals surface area contributed by atoms with E-state index in [0.29, 0.717) is 97.3 Å². The first-order valence-corrected chi connectivity index (χ1v) is 27.9. The predicted molar refractivity (Wildman–Crippen MR) is 283 cm³/mol. The Morgan fingerprint density at radius 1 is 0.646 bits per heavy atom. The lowest BCUT2D eigenvalue weighted by molar-refractivity contribution is -0.284. The molecule has 14 atom stereocenters. The molecule has 0 radical (unpaired) electrons. The summed E-state index contributed by atoms with van der Waals surface area (Å²) in [6.07, 6.45) is 2.52. The molecule has 13 N–H and O–H groups in total. The normalized spacial score (nSPS) is 29.3. The molecule has 27 nitrogen and oxygen atoms in total. The number of hydrogen-bond donors (Lipinski definition) is 12. The third kappa shape index (κ3) is 31.7. The van der Waals surface area contributed by atoms with Gasteiger partial charge in [-0.3, -0.25) is 24.4 Å². The molecule has 4 fully saturated rings. The predicted octanol–water partition coefficient (Wildman–Crippen LogP) is -1.37. The van der Waals surface area contributed by atoms with Crippen molar-refractivity contribution in [3.05, 3.63) is 0 Å². The zero-order valence-electron chi connectivity index (χ0n) is 47.2. The number of nitrogens with one attached hydrogen (secondary N) is 4. The molecule has 79 heavy (non-hydrogen) atoms. The smallest absolute Gasteiger partial charge is 0.237 e. The highest BCUT2D eigenvalue weighted by Gasteiger charge is 2.38. The van der Waals surface area contributed by atoms with E-state index in [0.717, 1.165) is 44.8 Å². The topological polar surface area (TPSA) is 393 Å². The number of aliphatic hydroxyl groups excluding tert-OH is 6. The fourth-order valence-electron chi connectivity index (χ4n) is 8.94. The molecular formula is C52H99N5O22. The van der Waals surface area contributed by atoms with Gasteiger partial charge in [0.15, 0.2) is 18.9 Å². The van der Waals surface area contributed by atoms with Crippen LogP contribution in [0.2, 0.25) is 0 Å². The molecule has 0 spiro atoms. The molecule has 0 bridgehead atoms. The lowest BCUT2D eigenvalue weighted by Gasteiger charge is -2.38. The van der Waals surface area contributed by atoms with Gasteiger partial charge in [0.1, 0.15) is 24.6 Å². The summed E-state index contributed by atoms with van der Waals surface area (Å²) >= 11 is 0. The molecule has 3 saturated heterocycles. The maximum Gasteiger partial charge on any atom is 0.237 e. The van der Waals surface area contributed by atoms with Crippen molar-refractivity contribution < 1.29 is 107 Å². The van der Waals surface area contributed by atoms with Gasteiger partial charge in [0.05, 0.1) is 109 Å². The van der Waals surface area contributed by atoms with Gasteiger partial charge in [0.25, 0.3) is 0 Å². The number of carbonyl (C=O) groups excluding carboxylic acids is 5. The average molecular weight is 1150 g/mol. The number of hydrogen-bond acceptors (Lipinski definition) is 23. The third-order valence-corrected chi connectivity index (χ3v) is 13.9. The second-order valence-corrected chi connectivity index (χ2v) is 19.7. The van der Waals surface area contributed by atoms with Crippen LogP contribution in [0.3, 0.4) is 0 Å². The monoisotopic (exact) mass is 1150 g/mol. The summed E-state index contributed by atoms with van der Waals surface area (Å²) in [4.78, 5) is 58.5. The van der Waals surface area contributed by atoms with Crippen molar-refractivity contribution in [3.8, 4) is 0 Å². The largest absolute Gasteiger partial charge is 0.394 e. The summed E-state index contributed by atoms with van der Waals surface area (Å²) in [6.45, 7) is 11.7. The first kappa shape index (κ1) is 73.8. The summed E-state index contributed by atoms with van der Waals surface area (Å²) < 4.78 is 49.8. The number of amides is 4. The quantitative estimate of drug-likeness (QED) is 0.0151. The Morgan fingerprint density at radius 3 is 1.59 bits per heavy atom. The minimum atomic E-state index is -1.16. The Labute approximate surface area is 465 Å². The lowest BCUT2D eigenvalue weighted by Crippen LogP contribution is -2.50. The average Bonchev–Trinajstić information content (AvgIpc) is 3.46. The fraction of sp³-hybridized carbons (Fsp3) is 0.904. The number of nitrogens with two attached hydrogens (primary N) is 1. The number of ether oxygens (including phenoxy) is 9. The van der Waals surface area contributed by atoms with Gasteiger partial charge in [-0.25, -0.2) is 4.89 Å². The van der Waals surface area contributed by atoms with Gasteiger partial charge < -0.3 is 105 Å². The fourth-order valence-corrected chi connectivity index (χ4v) is 8.94. The van der Waals surface area contributed by atoms with E-state index in [9.17, 15) is 49.8 Å². The van der Waals surface area contributed by atoms with Crippen LogP contribution in [-0.4, -0.2) is 240 Å². The van der Waals surface area contributed by atoms with E-state index < -0.39 is 61.9 Å². The van der Waals surface area contributed by atoms with Crippen molar-refractivity contribution in [1.29, 1.82) is 0 Å². The van der Waals surface area contributed by atoms with E-state index in [1.807, 2.05) is 13.8 Å². The van der Waals surface area contributed by atoms with Crippen LogP contribution in [0.4, 0.5) is 0 Å². The van der Waals surface area contributed by atoms with Crippen LogP contribution in [0.5, 0.6) is 0 Å². The molecule has 0 aromatic carbocycles. The van der Waals surface area contributed by atoms with E-state index in [1.54, 1.807) is 7.05 Å². The van der Waals surface area contributed by atoms with Crippen molar-refractivity contribution in [3.63, 3.8) is 0 Å². The molecule has 4 amide bonds. The number of rotatable bonds is 35. The van der Waals surface area contributed by atoms with Gasteiger partial charge in [-0.1, -0.05) is 34.1 Å². The number of carbonyl (C=O) groups is 5. The van der Waals surface area contributed by atoms with Crippen molar-refractivity contribution in [2.75, 3.05) is 99.4 Å².